The van der Waals surface area contributed by atoms with Crippen molar-refractivity contribution in [1.82, 2.24) is 9.78 Å². The van der Waals surface area contributed by atoms with E-state index in [0.717, 1.165) is 6.42 Å². The lowest BCUT2D eigenvalue weighted by Gasteiger charge is -2.13. The summed E-state index contributed by atoms with van der Waals surface area (Å²) in [6.45, 7) is 8.22. The zero-order chi connectivity index (χ0) is 12.5. The molecule has 0 N–H and O–H groups in total. The molecule has 1 aromatic heterocycles. The average molecular weight is 246 g/mol. The number of rotatable bonds is 3. The Morgan fingerprint density at radius 2 is 2.06 bits per heavy atom. The van der Waals surface area contributed by atoms with Gasteiger partial charge in [-0.25, -0.2) is 4.68 Å². The SMILES string of the molecule is CCCn1nc(C(C)(C)C)c([N+](=O)[O-])c1Cl. The Labute approximate surface area is 99.5 Å². The van der Waals surface area contributed by atoms with Gasteiger partial charge in [-0.05, 0) is 6.42 Å². The van der Waals surface area contributed by atoms with Crippen LogP contribution in [0.2, 0.25) is 5.15 Å². The standard InChI is InChI=1S/C10H16ClN3O2/c1-5-6-13-9(11)7(14(15)16)8(12-13)10(2,3)4/h5-6H2,1-4H3. The maximum absolute atomic E-state index is 11.0. The minimum Gasteiger partial charge on any atom is -0.258 e. The third-order valence-electron chi connectivity index (χ3n) is 2.20. The van der Waals surface area contributed by atoms with Gasteiger partial charge >= 0.3 is 5.69 Å². The highest BCUT2D eigenvalue weighted by Crippen LogP contribution is 2.35. The molecule has 6 heteroatoms. The van der Waals surface area contributed by atoms with Gasteiger partial charge in [-0.15, -0.1) is 0 Å². The molecule has 0 atom stereocenters. The van der Waals surface area contributed by atoms with Gasteiger partial charge in [-0.2, -0.15) is 5.10 Å². The van der Waals surface area contributed by atoms with E-state index in [0.29, 0.717) is 12.2 Å². The molecule has 0 aliphatic heterocycles. The average Bonchev–Trinajstić information content (AvgIpc) is 2.44. The summed E-state index contributed by atoms with van der Waals surface area (Å²) in [6, 6.07) is 0. The second kappa shape index (κ2) is 4.41. The molecule has 1 heterocycles. The van der Waals surface area contributed by atoms with Crippen LogP contribution in [0.15, 0.2) is 0 Å². The van der Waals surface area contributed by atoms with Crippen LogP contribution in [-0.2, 0) is 12.0 Å². The predicted octanol–water partition coefficient (Wildman–Crippen LogP) is 3.15. The summed E-state index contributed by atoms with van der Waals surface area (Å²) in [4.78, 5) is 10.5. The summed E-state index contributed by atoms with van der Waals surface area (Å²) in [5.41, 5.74) is -0.0102. The first-order chi connectivity index (χ1) is 7.29. The number of nitrogens with zero attached hydrogens (tertiary/aromatic N) is 3. The molecule has 0 saturated carbocycles. The van der Waals surface area contributed by atoms with Crippen LogP contribution in [0.25, 0.3) is 0 Å². The number of aromatic nitrogens is 2. The van der Waals surface area contributed by atoms with E-state index < -0.39 is 4.92 Å². The van der Waals surface area contributed by atoms with Crippen molar-refractivity contribution in [2.24, 2.45) is 0 Å². The summed E-state index contributed by atoms with van der Waals surface area (Å²) >= 11 is 5.97. The largest absolute Gasteiger partial charge is 0.329 e. The number of nitro groups is 1. The van der Waals surface area contributed by atoms with Crippen molar-refractivity contribution in [3.63, 3.8) is 0 Å². The van der Waals surface area contributed by atoms with Crippen LogP contribution in [0.4, 0.5) is 5.69 Å². The Bertz CT molecular complexity index is 407. The molecule has 0 aliphatic carbocycles. The molecular formula is C10H16ClN3O2. The topological polar surface area (TPSA) is 61.0 Å². The third-order valence-corrected chi connectivity index (χ3v) is 2.57. The van der Waals surface area contributed by atoms with Crippen molar-refractivity contribution >= 4 is 17.3 Å². The lowest BCUT2D eigenvalue weighted by atomic mass is 9.91. The maximum Gasteiger partial charge on any atom is 0.329 e. The normalized spacial score (nSPS) is 11.8. The van der Waals surface area contributed by atoms with Crippen LogP contribution in [0, 0.1) is 10.1 Å². The Balaban J connectivity index is 3.37. The van der Waals surface area contributed by atoms with Crippen molar-refractivity contribution in [3.8, 4) is 0 Å². The maximum atomic E-state index is 11.0. The van der Waals surface area contributed by atoms with Crippen molar-refractivity contribution in [2.45, 2.75) is 46.1 Å². The van der Waals surface area contributed by atoms with E-state index in [1.54, 1.807) is 0 Å². The smallest absolute Gasteiger partial charge is 0.258 e. The molecule has 0 amide bonds. The van der Waals surface area contributed by atoms with E-state index in [9.17, 15) is 10.1 Å². The fourth-order valence-electron chi connectivity index (χ4n) is 1.46. The van der Waals surface area contributed by atoms with Gasteiger partial charge in [0.2, 0.25) is 5.15 Å². The van der Waals surface area contributed by atoms with Gasteiger partial charge in [0.15, 0.2) is 0 Å². The number of hydrogen-bond donors (Lipinski definition) is 0. The second-order valence-corrected chi connectivity index (χ2v) is 5.08. The van der Waals surface area contributed by atoms with Gasteiger partial charge in [0.05, 0.1) is 4.92 Å². The van der Waals surface area contributed by atoms with Gasteiger partial charge in [0.1, 0.15) is 5.69 Å². The zero-order valence-corrected chi connectivity index (χ0v) is 10.7. The van der Waals surface area contributed by atoms with E-state index >= 15 is 0 Å². The van der Waals surface area contributed by atoms with E-state index in [4.69, 9.17) is 11.6 Å². The van der Waals surface area contributed by atoms with Gasteiger partial charge in [0, 0.05) is 12.0 Å². The van der Waals surface area contributed by atoms with Crippen LogP contribution < -0.4 is 0 Å². The fourth-order valence-corrected chi connectivity index (χ4v) is 1.74. The quantitative estimate of drug-likeness (QED) is 0.607. The molecule has 0 aromatic carbocycles. The zero-order valence-electron chi connectivity index (χ0n) is 9.95. The Morgan fingerprint density at radius 1 is 1.50 bits per heavy atom. The molecule has 0 unspecified atom stereocenters. The molecule has 1 aromatic rings. The molecule has 16 heavy (non-hydrogen) atoms. The highest BCUT2D eigenvalue weighted by molar-refractivity contribution is 6.31. The Hall–Kier alpha value is -1.10. The van der Waals surface area contributed by atoms with E-state index in [1.165, 1.54) is 4.68 Å². The van der Waals surface area contributed by atoms with Crippen LogP contribution >= 0.6 is 11.6 Å². The summed E-state index contributed by atoms with van der Waals surface area (Å²) < 4.78 is 1.50. The van der Waals surface area contributed by atoms with E-state index in [-0.39, 0.29) is 16.3 Å². The van der Waals surface area contributed by atoms with Crippen LogP contribution in [0.5, 0.6) is 0 Å². The molecule has 5 nitrogen and oxygen atoms in total. The van der Waals surface area contributed by atoms with Crippen molar-refractivity contribution in [1.29, 1.82) is 0 Å². The summed E-state index contributed by atoms with van der Waals surface area (Å²) in [5, 5.41) is 15.3. The predicted molar refractivity (Wildman–Crippen MR) is 62.9 cm³/mol. The first-order valence-electron chi connectivity index (χ1n) is 5.20. The highest BCUT2D eigenvalue weighted by atomic mass is 35.5. The first kappa shape index (κ1) is 13.0. The molecule has 0 fully saturated rings. The highest BCUT2D eigenvalue weighted by Gasteiger charge is 2.33. The molecule has 0 spiro atoms. The molecular weight excluding hydrogens is 230 g/mol. The van der Waals surface area contributed by atoms with Gasteiger partial charge in [-0.1, -0.05) is 39.3 Å². The lowest BCUT2D eigenvalue weighted by Crippen LogP contribution is -2.14. The van der Waals surface area contributed by atoms with Gasteiger partial charge in [-0.3, -0.25) is 10.1 Å². The van der Waals surface area contributed by atoms with Crippen molar-refractivity contribution in [3.05, 3.63) is 21.0 Å². The third kappa shape index (κ3) is 2.35. The molecule has 0 saturated heterocycles. The minimum atomic E-state index is -0.456. The molecule has 0 radical (unpaired) electrons. The van der Waals surface area contributed by atoms with Crippen LogP contribution in [0.3, 0.4) is 0 Å². The Kier molecular flexibility index (Phi) is 3.57. The van der Waals surface area contributed by atoms with E-state index in [2.05, 4.69) is 5.10 Å². The lowest BCUT2D eigenvalue weighted by molar-refractivity contribution is -0.385. The Morgan fingerprint density at radius 3 is 2.38 bits per heavy atom. The van der Waals surface area contributed by atoms with Crippen molar-refractivity contribution in [2.75, 3.05) is 0 Å². The summed E-state index contributed by atoms with van der Waals surface area (Å²) in [7, 11) is 0. The molecule has 0 aliphatic rings. The van der Waals surface area contributed by atoms with E-state index in [1.807, 2.05) is 27.7 Å². The first-order valence-corrected chi connectivity index (χ1v) is 5.58. The number of halogens is 1. The molecule has 0 bridgehead atoms. The monoisotopic (exact) mass is 245 g/mol. The second-order valence-electron chi connectivity index (χ2n) is 4.72. The molecule has 90 valence electrons. The van der Waals surface area contributed by atoms with Crippen LogP contribution in [-0.4, -0.2) is 14.7 Å². The number of aryl methyl sites for hydroxylation is 1. The minimum absolute atomic E-state index is 0.0670. The summed E-state index contributed by atoms with van der Waals surface area (Å²) in [6.07, 6.45) is 0.835. The van der Waals surface area contributed by atoms with Crippen LogP contribution in [0.1, 0.15) is 39.8 Å². The molecule has 1 rings (SSSR count). The summed E-state index contributed by atoms with van der Waals surface area (Å²) in [5.74, 6) is 0. The number of hydrogen-bond acceptors (Lipinski definition) is 3. The van der Waals surface area contributed by atoms with Crippen molar-refractivity contribution < 1.29 is 4.92 Å². The van der Waals surface area contributed by atoms with Gasteiger partial charge < -0.3 is 0 Å². The fraction of sp³-hybridized carbons (Fsp3) is 0.700. The van der Waals surface area contributed by atoms with Gasteiger partial charge in [0.25, 0.3) is 0 Å².